The highest BCUT2D eigenvalue weighted by Gasteiger charge is 2.15. The molecule has 0 fully saturated rings. The van der Waals surface area contributed by atoms with E-state index in [1.165, 1.54) is 7.11 Å². The summed E-state index contributed by atoms with van der Waals surface area (Å²) in [4.78, 5) is 23.0. The van der Waals surface area contributed by atoms with Gasteiger partial charge in [-0.2, -0.15) is 0 Å². The molecule has 0 aliphatic rings. The molecule has 0 N–H and O–H groups in total. The van der Waals surface area contributed by atoms with Gasteiger partial charge in [-0.05, 0) is 12.1 Å². The van der Waals surface area contributed by atoms with Crippen LogP contribution in [-0.2, 0) is 16.6 Å². The number of hydrogen-bond acceptors (Lipinski definition) is 3. The van der Waals surface area contributed by atoms with Gasteiger partial charge in [0, 0.05) is 29.7 Å². The zero-order chi connectivity index (χ0) is 12.4. The van der Waals surface area contributed by atoms with E-state index >= 15 is 0 Å². The van der Waals surface area contributed by atoms with E-state index in [2.05, 4.69) is 4.74 Å². The fourth-order valence-electron chi connectivity index (χ4n) is 1.84. The summed E-state index contributed by atoms with van der Waals surface area (Å²) in [5.41, 5.74) is 1.54. The second-order valence-electron chi connectivity index (χ2n) is 3.84. The molecule has 88 valence electrons. The van der Waals surface area contributed by atoms with Crippen molar-refractivity contribution in [2.75, 3.05) is 7.11 Å². The number of ketones is 1. The Kier molecular flexibility index (Phi) is 2.95. The van der Waals surface area contributed by atoms with Gasteiger partial charge in [0.05, 0.1) is 7.11 Å². The molecule has 0 bridgehead atoms. The largest absolute Gasteiger partial charge is 0.469 e. The number of rotatable bonds is 3. The summed E-state index contributed by atoms with van der Waals surface area (Å²) in [5.74, 6) is -0.725. The molecule has 2 aromatic rings. The Hall–Kier alpha value is -2.10. The van der Waals surface area contributed by atoms with E-state index in [0.29, 0.717) is 5.56 Å². The molecular formula is C13H13NO3. The summed E-state index contributed by atoms with van der Waals surface area (Å²) in [5, 5.41) is 0.865. The van der Waals surface area contributed by atoms with Gasteiger partial charge in [-0.1, -0.05) is 12.1 Å². The molecular weight excluding hydrogens is 218 g/mol. The fourth-order valence-corrected chi connectivity index (χ4v) is 1.84. The first-order chi connectivity index (χ1) is 8.13. The van der Waals surface area contributed by atoms with Crippen molar-refractivity contribution in [3.63, 3.8) is 0 Å². The van der Waals surface area contributed by atoms with Crippen molar-refractivity contribution in [3.8, 4) is 0 Å². The standard InChI is InChI=1S/C13H13NO3/c1-14-7-6-9-10(4-3-5-11(9)14)12(15)8-13(16)17-2/h3-7H,8H2,1-2H3. The topological polar surface area (TPSA) is 48.3 Å². The molecule has 1 aromatic heterocycles. The van der Waals surface area contributed by atoms with Gasteiger partial charge in [-0.15, -0.1) is 0 Å². The molecule has 0 saturated heterocycles. The van der Waals surface area contributed by atoms with Crippen LogP contribution < -0.4 is 0 Å². The molecule has 0 saturated carbocycles. The van der Waals surface area contributed by atoms with Crippen LogP contribution in [0, 0.1) is 0 Å². The zero-order valence-corrected chi connectivity index (χ0v) is 9.77. The van der Waals surface area contributed by atoms with Crippen LogP contribution in [0.3, 0.4) is 0 Å². The molecule has 4 heteroatoms. The maximum Gasteiger partial charge on any atom is 0.313 e. The Morgan fingerprint density at radius 2 is 2.06 bits per heavy atom. The average Bonchev–Trinajstić information content (AvgIpc) is 2.71. The number of methoxy groups -OCH3 is 1. The smallest absolute Gasteiger partial charge is 0.313 e. The van der Waals surface area contributed by atoms with E-state index in [9.17, 15) is 9.59 Å². The van der Waals surface area contributed by atoms with E-state index in [1.807, 2.05) is 36.0 Å². The lowest BCUT2D eigenvalue weighted by atomic mass is 10.0. The Balaban J connectivity index is 2.42. The number of nitrogens with zero attached hydrogens (tertiary/aromatic N) is 1. The number of carbonyl (C=O) groups is 2. The highest BCUT2D eigenvalue weighted by atomic mass is 16.5. The summed E-state index contributed by atoms with van der Waals surface area (Å²) < 4.78 is 6.43. The summed E-state index contributed by atoms with van der Waals surface area (Å²) >= 11 is 0. The summed E-state index contributed by atoms with van der Waals surface area (Å²) in [7, 11) is 3.19. The van der Waals surface area contributed by atoms with Crippen LogP contribution in [0.5, 0.6) is 0 Å². The Labute approximate surface area is 98.8 Å². The Morgan fingerprint density at radius 1 is 1.29 bits per heavy atom. The third-order valence-corrected chi connectivity index (χ3v) is 2.76. The Morgan fingerprint density at radius 3 is 2.76 bits per heavy atom. The minimum atomic E-state index is -0.511. The third-order valence-electron chi connectivity index (χ3n) is 2.76. The number of esters is 1. The van der Waals surface area contributed by atoms with Crippen molar-refractivity contribution in [1.82, 2.24) is 4.57 Å². The predicted molar refractivity (Wildman–Crippen MR) is 63.9 cm³/mol. The lowest BCUT2D eigenvalue weighted by Gasteiger charge is -2.03. The zero-order valence-electron chi connectivity index (χ0n) is 9.77. The molecule has 1 aromatic carbocycles. The number of aromatic nitrogens is 1. The maximum atomic E-state index is 11.9. The minimum Gasteiger partial charge on any atom is -0.469 e. The van der Waals surface area contributed by atoms with Crippen LogP contribution >= 0.6 is 0 Å². The number of benzene rings is 1. The van der Waals surface area contributed by atoms with Gasteiger partial charge in [0.15, 0.2) is 5.78 Å². The van der Waals surface area contributed by atoms with Gasteiger partial charge in [-0.3, -0.25) is 9.59 Å². The van der Waals surface area contributed by atoms with Crippen molar-refractivity contribution in [2.45, 2.75) is 6.42 Å². The number of Topliss-reactive ketones (excluding diaryl/α,β-unsaturated/α-hetero) is 1. The van der Waals surface area contributed by atoms with Crippen LogP contribution in [0.2, 0.25) is 0 Å². The normalized spacial score (nSPS) is 10.5. The van der Waals surface area contributed by atoms with Crippen molar-refractivity contribution in [2.24, 2.45) is 7.05 Å². The van der Waals surface area contributed by atoms with E-state index < -0.39 is 5.97 Å². The van der Waals surface area contributed by atoms with E-state index in [0.717, 1.165) is 10.9 Å². The lowest BCUT2D eigenvalue weighted by Crippen LogP contribution is -2.09. The number of ether oxygens (including phenoxy) is 1. The molecule has 0 aliphatic carbocycles. The molecule has 0 spiro atoms. The Bertz CT molecular complexity index is 583. The first-order valence-corrected chi connectivity index (χ1v) is 5.27. The second-order valence-corrected chi connectivity index (χ2v) is 3.84. The summed E-state index contributed by atoms with van der Waals surface area (Å²) in [6.07, 6.45) is 1.67. The van der Waals surface area contributed by atoms with E-state index in [4.69, 9.17) is 0 Å². The molecule has 0 atom stereocenters. The van der Waals surface area contributed by atoms with Crippen molar-refractivity contribution in [3.05, 3.63) is 36.0 Å². The molecule has 0 amide bonds. The lowest BCUT2D eigenvalue weighted by molar-refractivity contribution is -0.139. The third kappa shape index (κ3) is 2.06. The highest BCUT2D eigenvalue weighted by molar-refractivity contribution is 6.13. The number of fused-ring (bicyclic) bond motifs is 1. The molecule has 0 aliphatic heterocycles. The van der Waals surface area contributed by atoms with Gasteiger partial charge >= 0.3 is 5.97 Å². The number of aryl methyl sites for hydroxylation is 1. The van der Waals surface area contributed by atoms with Crippen LogP contribution in [0.1, 0.15) is 16.8 Å². The molecule has 2 rings (SSSR count). The maximum absolute atomic E-state index is 11.9. The van der Waals surface area contributed by atoms with Crippen LogP contribution in [-0.4, -0.2) is 23.4 Å². The van der Waals surface area contributed by atoms with Gasteiger partial charge < -0.3 is 9.30 Å². The van der Waals surface area contributed by atoms with Crippen LogP contribution in [0.15, 0.2) is 30.5 Å². The average molecular weight is 231 g/mol. The first kappa shape index (κ1) is 11.4. The molecule has 0 radical (unpaired) electrons. The van der Waals surface area contributed by atoms with Crippen LogP contribution in [0.25, 0.3) is 10.9 Å². The van der Waals surface area contributed by atoms with Gasteiger partial charge in [-0.25, -0.2) is 0 Å². The second kappa shape index (κ2) is 4.41. The SMILES string of the molecule is COC(=O)CC(=O)c1cccc2c1ccn2C. The predicted octanol–water partition coefficient (Wildman–Crippen LogP) is 1.92. The minimum absolute atomic E-state index is 0.214. The highest BCUT2D eigenvalue weighted by Crippen LogP contribution is 2.20. The van der Waals surface area contributed by atoms with Gasteiger partial charge in [0.25, 0.3) is 0 Å². The summed E-state index contributed by atoms with van der Waals surface area (Å²) in [6.45, 7) is 0. The monoisotopic (exact) mass is 231 g/mol. The van der Waals surface area contributed by atoms with E-state index in [1.54, 1.807) is 6.07 Å². The van der Waals surface area contributed by atoms with Crippen LogP contribution in [0.4, 0.5) is 0 Å². The van der Waals surface area contributed by atoms with E-state index in [-0.39, 0.29) is 12.2 Å². The molecule has 1 heterocycles. The quantitative estimate of drug-likeness (QED) is 0.460. The van der Waals surface area contributed by atoms with Gasteiger partial charge in [0.1, 0.15) is 6.42 Å². The summed E-state index contributed by atoms with van der Waals surface area (Å²) in [6, 6.07) is 7.35. The number of hydrogen-bond donors (Lipinski definition) is 0. The molecule has 4 nitrogen and oxygen atoms in total. The van der Waals surface area contributed by atoms with Gasteiger partial charge in [0.2, 0.25) is 0 Å². The van der Waals surface area contributed by atoms with Crippen molar-refractivity contribution < 1.29 is 14.3 Å². The van der Waals surface area contributed by atoms with Crippen molar-refractivity contribution in [1.29, 1.82) is 0 Å². The molecule has 17 heavy (non-hydrogen) atoms. The van der Waals surface area contributed by atoms with Crippen molar-refractivity contribution >= 4 is 22.7 Å². The molecule has 0 unspecified atom stereocenters. The number of carbonyl (C=O) groups excluding carboxylic acids is 2. The fraction of sp³-hybridized carbons (Fsp3) is 0.231. The first-order valence-electron chi connectivity index (χ1n) is 5.27.